The predicted octanol–water partition coefficient (Wildman–Crippen LogP) is 1.37. The summed E-state index contributed by atoms with van der Waals surface area (Å²) in [6, 6.07) is 6.00. The van der Waals surface area contributed by atoms with Crippen LogP contribution in [0.5, 0.6) is 0 Å². The van der Waals surface area contributed by atoms with Crippen molar-refractivity contribution in [2.24, 2.45) is 0 Å². The maximum Gasteiger partial charge on any atom is 0.407 e. The number of hydrogen-bond donors (Lipinski definition) is 1. The smallest absolute Gasteiger partial charge is 0.407 e. The third kappa shape index (κ3) is 2.48. The van der Waals surface area contributed by atoms with Crippen molar-refractivity contribution >= 4 is 6.09 Å². The summed E-state index contributed by atoms with van der Waals surface area (Å²) in [7, 11) is 0. The van der Waals surface area contributed by atoms with Crippen molar-refractivity contribution in [2.75, 3.05) is 6.54 Å². The molecule has 0 fully saturated rings. The fraction of sp³-hybridized carbons (Fsp3) is 0.286. The first kappa shape index (κ1) is 14.0. The van der Waals surface area contributed by atoms with Gasteiger partial charge >= 0.3 is 6.09 Å². The molecule has 0 saturated carbocycles. The number of nitrogens with zero attached hydrogens (tertiary/aromatic N) is 5. The van der Waals surface area contributed by atoms with Gasteiger partial charge in [0.2, 0.25) is 0 Å². The van der Waals surface area contributed by atoms with Crippen LogP contribution >= 0.6 is 0 Å². The van der Waals surface area contributed by atoms with Gasteiger partial charge in [0, 0.05) is 13.0 Å². The number of halogens is 1. The van der Waals surface area contributed by atoms with Gasteiger partial charge < -0.3 is 10.0 Å². The Morgan fingerprint density at radius 2 is 2.32 bits per heavy atom. The van der Waals surface area contributed by atoms with Crippen LogP contribution in [-0.4, -0.2) is 37.6 Å². The molecule has 0 spiro atoms. The summed E-state index contributed by atoms with van der Waals surface area (Å²) in [6.07, 6.45) is -0.469. The lowest BCUT2D eigenvalue weighted by atomic mass is 10.1. The minimum atomic E-state index is -0.981. The maximum atomic E-state index is 13.2. The molecule has 2 heterocycles. The van der Waals surface area contributed by atoms with Gasteiger partial charge in [0.1, 0.15) is 11.5 Å². The molecule has 22 heavy (non-hydrogen) atoms. The average molecular weight is 301 g/mol. The molecule has 7 nitrogen and oxygen atoms in total. The Kier molecular flexibility index (Phi) is 3.47. The number of rotatable bonds is 2. The zero-order chi connectivity index (χ0) is 15.7. The lowest BCUT2D eigenvalue weighted by Gasteiger charge is -2.23. The van der Waals surface area contributed by atoms with Gasteiger partial charge in [-0.15, -0.1) is 5.10 Å². The van der Waals surface area contributed by atoms with Gasteiger partial charge in [-0.1, -0.05) is 11.3 Å². The molecule has 0 radical (unpaired) electrons. The Balaban J connectivity index is 1.87. The second-order valence-corrected chi connectivity index (χ2v) is 5.01. The largest absolute Gasteiger partial charge is 0.465 e. The Hall–Kier alpha value is -2.95. The van der Waals surface area contributed by atoms with Gasteiger partial charge in [-0.05, 0) is 17.7 Å². The SMILES string of the molecule is N#Cc1cc(F)ccc1Cn1nnc2c1CCN(C(=O)O)C2. The Bertz CT molecular complexity index is 780. The molecule has 0 aliphatic carbocycles. The first-order valence-corrected chi connectivity index (χ1v) is 6.66. The van der Waals surface area contributed by atoms with Crippen molar-refractivity contribution in [2.45, 2.75) is 19.5 Å². The summed E-state index contributed by atoms with van der Waals surface area (Å²) in [5.74, 6) is -0.460. The van der Waals surface area contributed by atoms with Crippen LogP contribution in [0.15, 0.2) is 18.2 Å². The summed E-state index contributed by atoms with van der Waals surface area (Å²) in [4.78, 5) is 12.3. The standard InChI is InChI=1S/C14H12FN5O2/c15-11-2-1-9(10(5-11)6-16)7-20-13-3-4-19(14(21)22)8-12(13)17-18-20/h1-2,5H,3-4,7-8H2,(H,21,22). The molecule has 0 atom stereocenters. The fourth-order valence-corrected chi connectivity index (χ4v) is 2.51. The average Bonchev–Trinajstić information content (AvgIpc) is 2.91. The summed E-state index contributed by atoms with van der Waals surface area (Å²) in [5, 5.41) is 26.1. The highest BCUT2D eigenvalue weighted by Gasteiger charge is 2.25. The molecular formula is C14H12FN5O2. The summed E-state index contributed by atoms with van der Waals surface area (Å²) < 4.78 is 14.8. The van der Waals surface area contributed by atoms with Crippen LogP contribution in [-0.2, 0) is 19.5 Å². The van der Waals surface area contributed by atoms with E-state index in [-0.39, 0.29) is 12.1 Å². The van der Waals surface area contributed by atoms with Crippen molar-refractivity contribution < 1.29 is 14.3 Å². The molecule has 1 aromatic heterocycles. The van der Waals surface area contributed by atoms with Crippen molar-refractivity contribution in [3.63, 3.8) is 0 Å². The Morgan fingerprint density at radius 1 is 1.50 bits per heavy atom. The quantitative estimate of drug-likeness (QED) is 0.904. The van der Waals surface area contributed by atoms with E-state index in [1.807, 2.05) is 6.07 Å². The number of amides is 1. The summed E-state index contributed by atoms with van der Waals surface area (Å²) in [6.45, 7) is 0.891. The Labute approximate surface area is 125 Å². The molecule has 1 N–H and O–H groups in total. The minimum Gasteiger partial charge on any atom is -0.465 e. The molecule has 0 bridgehead atoms. The number of nitriles is 1. The van der Waals surface area contributed by atoms with Crippen LogP contribution in [0.2, 0.25) is 0 Å². The molecule has 1 amide bonds. The highest BCUT2D eigenvalue weighted by atomic mass is 19.1. The lowest BCUT2D eigenvalue weighted by molar-refractivity contribution is 0.139. The van der Waals surface area contributed by atoms with Crippen LogP contribution in [0.1, 0.15) is 22.5 Å². The van der Waals surface area contributed by atoms with Gasteiger partial charge in [-0.25, -0.2) is 13.9 Å². The summed E-state index contributed by atoms with van der Waals surface area (Å²) >= 11 is 0. The molecule has 1 aromatic carbocycles. The molecule has 112 valence electrons. The number of fused-ring (bicyclic) bond motifs is 1. The number of carboxylic acid groups (broad SMARTS) is 1. The van der Waals surface area contributed by atoms with Gasteiger partial charge in [0.15, 0.2) is 0 Å². The third-order valence-corrected chi connectivity index (χ3v) is 3.66. The van der Waals surface area contributed by atoms with E-state index in [1.165, 1.54) is 17.0 Å². The van der Waals surface area contributed by atoms with Crippen molar-refractivity contribution in [3.8, 4) is 6.07 Å². The molecule has 0 unspecified atom stereocenters. The number of hydrogen-bond acceptors (Lipinski definition) is 4. The second-order valence-electron chi connectivity index (χ2n) is 5.01. The molecule has 1 aliphatic heterocycles. The molecule has 0 saturated heterocycles. The molecule has 8 heteroatoms. The number of carbonyl (C=O) groups is 1. The van der Waals surface area contributed by atoms with Gasteiger partial charge in [0.25, 0.3) is 0 Å². The van der Waals surface area contributed by atoms with E-state index in [0.717, 1.165) is 5.69 Å². The van der Waals surface area contributed by atoms with Gasteiger partial charge in [-0.3, -0.25) is 0 Å². The van der Waals surface area contributed by atoms with E-state index >= 15 is 0 Å². The van der Waals surface area contributed by atoms with Gasteiger partial charge in [0.05, 0.1) is 30.4 Å². The van der Waals surface area contributed by atoms with Crippen LogP contribution in [0.25, 0.3) is 0 Å². The second kappa shape index (κ2) is 5.44. The van der Waals surface area contributed by atoms with E-state index in [2.05, 4.69) is 10.3 Å². The molecule has 2 aromatic rings. The third-order valence-electron chi connectivity index (χ3n) is 3.66. The monoisotopic (exact) mass is 301 g/mol. The summed E-state index contributed by atoms with van der Waals surface area (Å²) in [5.41, 5.74) is 2.38. The van der Waals surface area contributed by atoms with Crippen molar-refractivity contribution in [1.29, 1.82) is 5.26 Å². The van der Waals surface area contributed by atoms with E-state index in [1.54, 1.807) is 10.7 Å². The number of benzene rings is 1. The Morgan fingerprint density at radius 3 is 3.05 bits per heavy atom. The van der Waals surface area contributed by atoms with Crippen LogP contribution in [0.4, 0.5) is 9.18 Å². The molecule has 3 rings (SSSR count). The normalized spacial score (nSPS) is 13.5. The number of aromatic nitrogens is 3. The van der Waals surface area contributed by atoms with Crippen LogP contribution in [0, 0.1) is 17.1 Å². The van der Waals surface area contributed by atoms with Crippen LogP contribution < -0.4 is 0 Å². The highest BCUT2D eigenvalue weighted by Crippen LogP contribution is 2.19. The zero-order valence-electron chi connectivity index (χ0n) is 11.5. The molecular weight excluding hydrogens is 289 g/mol. The molecule has 1 aliphatic rings. The fourth-order valence-electron chi connectivity index (χ4n) is 2.51. The lowest BCUT2D eigenvalue weighted by Crippen LogP contribution is -2.35. The van der Waals surface area contributed by atoms with Crippen molar-refractivity contribution in [3.05, 3.63) is 46.5 Å². The van der Waals surface area contributed by atoms with Gasteiger partial charge in [-0.2, -0.15) is 5.26 Å². The van der Waals surface area contributed by atoms with Crippen molar-refractivity contribution in [1.82, 2.24) is 19.9 Å². The maximum absolute atomic E-state index is 13.2. The topological polar surface area (TPSA) is 95.0 Å². The van der Waals surface area contributed by atoms with E-state index in [9.17, 15) is 9.18 Å². The minimum absolute atomic E-state index is 0.208. The first-order valence-electron chi connectivity index (χ1n) is 6.66. The highest BCUT2D eigenvalue weighted by molar-refractivity contribution is 5.65. The van der Waals surface area contributed by atoms with E-state index in [4.69, 9.17) is 10.4 Å². The first-order chi connectivity index (χ1) is 10.6. The predicted molar refractivity (Wildman–Crippen MR) is 72.4 cm³/mol. The van der Waals surface area contributed by atoms with E-state index in [0.29, 0.717) is 30.8 Å². The zero-order valence-corrected chi connectivity index (χ0v) is 11.5. The van der Waals surface area contributed by atoms with Crippen LogP contribution in [0.3, 0.4) is 0 Å². The van der Waals surface area contributed by atoms with E-state index < -0.39 is 11.9 Å².